The number of nitrogens with one attached hydrogen (secondary N) is 1. The van der Waals surface area contributed by atoms with Gasteiger partial charge in [0.1, 0.15) is 0 Å². The SMILES string of the molecule is Cc1cccc([C@@H](NC(=O)c2ccco2)C2CC2)n1. The minimum atomic E-state index is -0.176. The Kier molecular flexibility index (Phi) is 3.07. The van der Waals surface area contributed by atoms with Gasteiger partial charge in [-0.25, -0.2) is 0 Å². The van der Waals surface area contributed by atoms with Crippen LogP contribution in [0, 0.1) is 12.8 Å². The van der Waals surface area contributed by atoms with Crippen LogP contribution in [0.25, 0.3) is 0 Å². The number of amides is 1. The van der Waals surface area contributed by atoms with Gasteiger partial charge in [0.25, 0.3) is 5.91 Å². The third-order valence-electron chi connectivity index (χ3n) is 3.35. The molecule has 2 aromatic heterocycles. The Morgan fingerprint density at radius 1 is 1.37 bits per heavy atom. The number of pyridine rings is 1. The molecule has 4 heteroatoms. The predicted molar refractivity (Wildman–Crippen MR) is 70.6 cm³/mol. The van der Waals surface area contributed by atoms with E-state index in [-0.39, 0.29) is 11.9 Å². The van der Waals surface area contributed by atoms with Gasteiger partial charge < -0.3 is 9.73 Å². The Bertz CT molecular complexity index is 574. The minimum absolute atomic E-state index is 0.0162. The number of hydrogen-bond donors (Lipinski definition) is 1. The maximum absolute atomic E-state index is 12.1. The molecule has 98 valence electrons. The van der Waals surface area contributed by atoms with Gasteiger partial charge in [0.05, 0.1) is 18.0 Å². The van der Waals surface area contributed by atoms with E-state index in [9.17, 15) is 4.79 Å². The lowest BCUT2D eigenvalue weighted by atomic mass is 10.1. The van der Waals surface area contributed by atoms with Crippen molar-refractivity contribution in [3.63, 3.8) is 0 Å². The van der Waals surface area contributed by atoms with Crippen molar-refractivity contribution in [3.8, 4) is 0 Å². The van der Waals surface area contributed by atoms with Crippen molar-refractivity contribution < 1.29 is 9.21 Å². The maximum Gasteiger partial charge on any atom is 0.287 e. The van der Waals surface area contributed by atoms with E-state index in [4.69, 9.17) is 4.42 Å². The highest BCUT2D eigenvalue weighted by Gasteiger charge is 2.34. The second-order valence-electron chi connectivity index (χ2n) is 4.97. The van der Waals surface area contributed by atoms with Gasteiger partial charge in [-0.05, 0) is 49.9 Å². The summed E-state index contributed by atoms with van der Waals surface area (Å²) in [6.45, 7) is 1.96. The van der Waals surface area contributed by atoms with E-state index >= 15 is 0 Å². The summed E-state index contributed by atoms with van der Waals surface area (Å²) in [7, 11) is 0. The van der Waals surface area contributed by atoms with Crippen LogP contribution >= 0.6 is 0 Å². The molecule has 1 N–H and O–H groups in total. The molecule has 1 aliphatic carbocycles. The van der Waals surface area contributed by atoms with Gasteiger partial charge in [-0.2, -0.15) is 0 Å². The van der Waals surface area contributed by atoms with Gasteiger partial charge in [-0.15, -0.1) is 0 Å². The van der Waals surface area contributed by atoms with Crippen molar-refractivity contribution in [1.82, 2.24) is 10.3 Å². The molecule has 1 fully saturated rings. The number of nitrogens with zero attached hydrogens (tertiary/aromatic N) is 1. The van der Waals surface area contributed by atoms with Crippen molar-refractivity contribution >= 4 is 5.91 Å². The summed E-state index contributed by atoms with van der Waals surface area (Å²) in [5.74, 6) is 0.664. The Balaban J connectivity index is 1.80. The Morgan fingerprint density at radius 2 is 2.21 bits per heavy atom. The van der Waals surface area contributed by atoms with E-state index < -0.39 is 0 Å². The summed E-state index contributed by atoms with van der Waals surface area (Å²) in [5, 5.41) is 3.03. The van der Waals surface area contributed by atoms with E-state index in [1.165, 1.54) is 6.26 Å². The fourth-order valence-electron chi connectivity index (χ4n) is 2.22. The van der Waals surface area contributed by atoms with Gasteiger partial charge in [-0.1, -0.05) is 6.07 Å². The van der Waals surface area contributed by atoms with Gasteiger partial charge in [0.15, 0.2) is 5.76 Å². The van der Waals surface area contributed by atoms with E-state index in [1.54, 1.807) is 12.1 Å². The average Bonchev–Trinajstić information content (AvgIpc) is 3.09. The third-order valence-corrected chi connectivity index (χ3v) is 3.35. The monoisotopic (exact) mass is 256 g/mol. The van der Waals surface area contributed by atoms with Crippen LogP contribution < -0.4 is 5.32 Å². The Morgan fingerprint density at radius 3 is 2.84 bits per heavy atom. The van der Waals surface area contributed by atoms with Crippen LogP contribution in [0.15, 0.2) is 41.0 Å². The molecule has 0 aliphatic heterocycles. The van der Waals surface area contributed by atoms with Crippen LogP contribution in [0.2, 0.25) is 0 Å². The molecule has 0 spiro atoms. The number of carbonyl (C=O) groups excluding carboxylic acids is 1. The normalized spacial score (nSPS) is 16.1. The van der Waals surface area contributed by atoms with Crippen LogP contribution in [-0.4, -0.2) is 10.9 Å². The fourth-order valence-corrected chi connectivity index (χ4v) is 2.22. The predicted octanol–water partition coefficient (Wildman–Crippen LogP) is 2.86. The zero-order chi connectivity index (χ0) is 13.2. The van der Waals surface area contributed by atoms with E-state index in [0.29, 0.717) is 11.7 Å². The zero-order valence-corrected chi connectivity index (χ0v) is 10.8. The molecule has 3 rings (SSSR count). The zero-order valence-electron chi connectivity index (χ0n) is 10.8. The first-order valence-electron chi connectivity index (χ1n) is 6.52. The number of hydrogen-bond acceptors (Lipinski definition) is 3. The largest absolute Gasteiger partial charge is 0.459 e. The van der Waals surface area contributed by atoms with Crippen molar-refractivity contribution in [2.45, 2.75) is 25.8 Å². The first-order chi connectivity index (χ1) is 9.24. The molecule has 4 nitrogen and oxygen atoms in total. The molecule has 0 aromatic carbocycles. The summed E-state index contributed by atoms with van der Waals surface area (Å²) in [4.78, 5) is 16.6. The Labute approximate surface area is 111 Å². The Hall–Kier alpha value is -2.10. The van der Waals surface area contributed by atoms with Crippen molar-refractivity contribution in [2.75, 3.05) is 0 Å². The number of aromatic nitrogens is 1. The first kappa shape index (κ1) is 12.0. The van der Waals surface area contributed by atoms with Crippen molar-refractivity contribution in [3.05, 3.63) is 53.7 Å². The lowest BCUT2D eigenvalue weighted by molar-refractivity contribution is 0.0902. The van der Waals surface area contributed by atoms with E-state index in [2.05, 4.69) is 10.3 Å². The molecular weight excluding hydrogens is 240 g/mol. The standard InChI is InChI=1S/C15H16N2O2/c1-10-4-2-5-12(16-10)14(11-7-8-11)17-15(18)13-6-3-9-19-13/h2-6,9,11,14H,7-8H2,1H3,(H,17,18)/t14-/m0/s1. The topological polar surface area (TPSA) is 55.1 Å². The second-order valence-corrected chi connectivity index (χ2v) is 4.97. The molecule has 0 radical (unpaired) electrons. The molecule has 0 bridgehead atoms. The van der Waals surface area contributed by atoms with Crippen LogP contribution in [0.1, 0.15) is 40.8 Å². The van der Waals surface area contributed by atoms with Crippen LogP contribution in [0.4, 0.5) is 0 Å². The maximum atomic E-state index is 12.1. The lowest BCUT2D eigenvalue weighted by Gasteiger charge is -2.17. The highest BCUT2D eigenvalue weighted by atomic mass is 16.3. The van der Waals surface area contributed by atoms with Gasteiger partial charge in [0.2, 0.25) is 0 Å². The quantitative estimate of drug-likeness (QED) is 0.915. The van der Waals surface area contributed by atoms with Gasteiger partial charge >= 0.3 is 0 Å². The molecule has 1 amide bonds. The molecule has 0 saturated heterocycles. The first-order valence-corrected chi connectivity index (χ1v) is 6.52. The lowest BCUT2D eigenvalue weighted by Crippen LogP contribution is -2.30. The van der Waals surface area contributed by atoms with E-state index in [0.717, 1.165) is 24.2 Å². The molecule has 2 heterocycles. The fraction of sp³-hybridized carbons (Fsp3) is 0.333. The molecule has 1 atom stereocenters. The molecular formula is C15H16N2O2. The number of aryl methyl sites for hydroxylation is 1. The van der Waals surface area contributed by atoms with Gasteiger partial charge in [0, 0.05) is 5.69 Å². The average molecular weight is 256 g/mol. The summed E-state index contributed by atoms with van der Waals surface area (Å²) >= 11 is 0. The summed E-state index contributed by atoms with van der Waals surface area (Å²) < 4.78 is 5.12. The highest BCUT2D eigenvalue weighted by Crippen LogP contribution is 2.40. The number of carbonyl (C=O) groups is 1. The van der Waals surface area contributed by atoms with E-state index in [1.807, 2.05) is 25.1 Å². The van der Waals surface area contributed by atoms with Crippen LogP contribution in [0.5, 0.6) is 0 Å². The molecule has 0 unspecified atom stereocenters. The third kappa shape index (κ3) is 2.67. The summed E-state index contributed by atoms with van der Waals surface area (Å²) in [5.41, 5.74) is 1.90. The van der Waals surface area contributed by atoms with Crippen molar-refractivity contribution in [2.24, 2.45) is 5.92 Å². The highest BCUT2D eigenvalue weighted by molar-refractivity contribution is 5.91. The molecule has 1 saturated carbocycles. The molecule has 19 heavy (non-hydrogen) atoms. The van der Waals surface area contributed by atoms with Crippen LogP contribution in [0.3, 0.4) is 0 Å². The smallest absolute Gasteiger partial charge is 0.287 e. The molecule has 2 aromatic rings. The second kappa shape index (κ2) is 4.88. The summed E-state index contributed by atoms with van der Waals surface area (Å²) in [6.07, 6.45) is 3.78. The number of rotatable bonds is 4. The minimum Gasteiger partial charge on any atom is -0.459 e. The van der Waals surface area contributed by atoms with Gasteiger partial charge in [-0.3, -0.25) is 9.78 Å². The summed E-state index contributed by atoms with van der Waals surface area (Å²) in [6, 6.07) is 9.28. The molecule has 1 aliphatic rings. The van der Waals surface area contributed by atoms with Crippen LogP contribution in [-0.2, 0) is 0 Å². The number of furan rings is 1. The van der Waals surface area contributed by atoms with Crippen molar-refractivity contribution in [1.29, 1.82) is 0 Å².